The van der Waals surface area contributed by atoms with Crippen molar-refractivity contribution in [2.24, 2.45) is 0 Å². The lowest BCUT2D eigenvalue weighted by molar-refractivity contribution is -0.131. The molecule has 0 radical (unpaired) electrons. The summed E-state index contributed by atoms with van der Waals surface area (Å²) in [7, 11) is 1.61. The van der Waals surface area contributed by atoms with Crippen LogP contribution in [0.3, 0.4) is 0 Å². The normalized spacial score (nSPS) is 13.7. The maximum atomic E-state index is 13.3. The minimum absolute atomic E-state index is 0.0741. The molecule has 23 heavy (non-hydrogen) atoms. The van der Waals surface area contributed by atoms with Crippen LogP contribution in [0.25, 0.3) is 0 Å². The third-order valence-corrected chi connectivity index (χ3v) is 4.04. The van der Waals surface area contributed by atoms with Crippen LogP contribution >= 0.6 is 0 Å². The molecule has 1 saturated carbocycles. The van der Waals surface area contributed by atoms with E-state index >= 15 is 0 Å². The van der Waals surface area contributed by atoms with Crippen LogP contribution in [0.1, 0.15) is 24.0 Å². The second-order valence-electron chi connectivity index (χ2n) is 5.91. The fraction of sp³-hybridized carbons (Fsp3) is 0.316. The van der Waals surface area contributed by atoms with Gasteiger partial charge in [-0.25, -0.2) is 4.39 Å². The van der Waals surface area contributed by atoms with E-state index in [2.05, 4.69) is 0 Å². The van der Waals surface area contributed by atoms with Crippen molar-refractivity contribution in [3.8, 4) is 5.75 Å². The summed E-state index contributed by atoms with van der Waals surface area (Å²) in [6.07, 6.45) is 2.39. The molecular weight excluding hydrogens is 293 g/mol. The first-order valence-electron chi connectivity index (χ1n) is 7.82. The van der Waals surface area contributed by atoms with Crippen LogP contribution in [0.5, 0.6) is 5.75 Å². The van der Waals surface area contributed by atoms with Gasteiger partial charge >= 0.3 is 0 Å². The molecule has 1 fully saturated rings. The monoisotopic (exact) mass is 313 g/mol. The fourth-order valence-corrected chi connectivity index (χ4v) is 2.70. The van der Waals surface area contributed by atoms with Gasteiger partial charge in [-0.05, 0) is 48.2 Å². The lowest BCUT2D eigenvalue weighted by atomic mass is 10.1. The summed E-state index contributed by atoms with van der Waals surface area (Å²) >= 11 is 0. The molecule has 0 bridgehead atoms. The van der Waals surface area contributed by atoms with Gasteiger partial charge in [0, 0.05) is 12.6 Å². The zero-order valence-electron chi connectivity index (χ0n) is 13.2. The smallest absolute Gasteiger partial charge is 0.227 e. The Morgan fingerprint density at radius 2 is 1.91 bits per heavy atom. The molecule has 1 aliphatic carbocycles. The molecule has 2 aromatic carbocycles. The Hall–Kier alpha value is -2.36. The average Bonchev–Trinajstić information content (AvgIpc) is 3.37. The van der Waals surface area contributed by atoms with Crippen molar-refractivity contribution >= 4 is 5.91 Å². The van der Waals surface area contributed by atoms with E-state index in [4.69, 9.17) is 4.74 Å². The summed E-state index contributed by atoms with van der Waals surface area (Å²) in [6, 6.07) is 14.3. The number of carbonyl (C=O) groups is 1. The predicted octanol–water partition coefficient (Wildman–Crippen LogP) is 3.57. The van der Waals surface area contributed by atoms with Crippen molar-refractivity contribution in [2.45, 2.75) is 31.8 Å². The Labute approximate surface area is 135 Å². The van der Waals surface area contributed by atoms with Crippen LogP contribution in [0, 0.1) is 5.82 Å². The van der Waals surface area contributed by atoms with Crippen LogP contribution in [-0.2, 0) is 17.8 Å². The van der Waals surface area contributed by atoms with Gasteiger partial charge < -0.3 is 9.64 Å². The molecule has 1 amide bonds. The lowest BCUT2D eigenvalue weighted by Gasteiger charge is -2.23. The number of carbonyl (C=O) groups excluding carboxylic acids is 1. The molecule has 0 atom stereocenters. The van der Waals surface area contributed by atoms with Gasteiger partial charge in [0.15, 0.2) is 0 Å². The number of hydrogen-bond acceptors (Lipinski definition) is 2. The standard InChI is InChI=1S/C19H20FNO2/c1-23-18-7-3-4-14(11-18)12-19(22)21(17-8-9-17)13-15-5-2-6-16(20)10-15/h2-7,10-11,17H,8-9,12-13H2,1H3. The SMILES string of the molecule is COc1cccc(CC(=O)N(Cc2cccc(F)c2)C2CC2)c1. The average molecular weight is 313 g/mol. The summed E-state index contributed by atoms with van der Waals surface area (Å²) in [4.78, 5) is 14.5. The quantitative estimate of drug-likeness (QED) is 0.816. The van der Waals surface area contributed by atoms with Crippen molar-refractivity contribution in [1.29, 1.82) is 0 Å². The molecule has 0 aromatic heterocycles. The molecule has 3 rings (SSSR count). The van der Waals surface area contributed by atoms with Crippen LogP contribution < -0.4 is 4.74 Å². The van der Waals surface area contributed by atoms with Gasteiger partial charge in [-0.15, -0.1) is 0 Å². The number of ether oxygens (including phenoxy) is 1. The number of hydrogen-bond donors (Lipinski definition) is 0. The first-order chi connectivity index (χ1) is 11.2. The van der Waals surface area contributed by atoms with Crippen LogP contribution in [0.2, 0.25) is 0 Å². The minimum Gasteiger partial charge on any atom is -0.497 e. The number of benzene rings is 2. The zero-order chi connectivity index (χ0) is 16.2. The van der Waals surface area contributed by atoms with Gasteiger partial charge in [0.05, 0.1) is 13.5 Å². The van der Waals surface area contributed by atoms with Crippen LogP contribution in [0.4, 0.5) is 4.39 Å². The summed E-state index contributed by atoms with van der Waals surface area (Å²) in [5.74, 6) is 0.557. The van der Waals surface area contributed by atoms with Gasteiger partial charge in [0.2, 0.25) is 5.91 Å². The Bertz CT molecular complexity index is 697. The molecule has 4 heteroatoms. The fourth-order valence-electron chi connectivity index (χ4n) is 2.70. The number of methoxy groups -OCH3 is 1. The highest BCUT2D eigenvalue weighted by Gasteiger charge is 2.32. The highest BCUT2D eigenvalue weighted by atomic mass is 19.1. The first-order valence-corrected chi connectivity index (χ1v) is 7.82. The molecule has 2 aromatic rings. The van der Waals surface area contributed by atoms with Gasteiger partial charge in [-0.1, -0.05) is 24.3 Å². The van der Waals surface area contributed by atoms with E-state index in [1.54, 1.807) is 13.2 Å². The Balaban J connectivity index is 1.71. The largest absolute Gasteiger partial charge is 0.497 e. The topological polar surface area (TPSA) is 29.5 Å². The maximum absolute atomic E-state index is 13.3. The van der Waals surface area contributed by atoms with E-state index in [0.717, 1.165) is 29.7 Å². The highest BCUT2D eigenvalue weighted by molar-refractivity contribution is 5.79. The van der Waals surface area contributed by atoms with Gasteiger partial charge in [-0.2, -0.15) is 0 Å². The van der Waals surface area contributed by atoms with Crippen molar-refractivity contribution < 1.29 is 13.9 Å². The van der Waals surface area contributed by atoms with Crippen LogP contribution in [0.15, 0.2) is 48.5 Å². The molecule has 0 heterocycles. The van der Waals surface area contributed by atoms with E-state index in [1.807, 2.05) is 35.2 Å². The van der Waals surface area contributed by atoms with Gasteiger partial charge in [-0.3, -0.25) is 4.79 Å². The van der Waals surface area contributed by atoms with E-state index in [1.165, 1.54) is 12.1 Å². The number of amides is 1. The van der Waals surface area contributed by atoms with E-state index in [0.29, 0.717) is 13.0 Å². The highest BCUT2D eigenvalue weighted by Crippen LogP contribution is 2.29. The molecule has 0 N–H and O–H groups in total. The number of rotatable bonds is 6. The van der Waals surface area contributed by atoms with Crippen molar-refractivity contribution in [2.75, 3.05) is 7.11 Å². The van der Waals surface area contributed by atoms with Crippen molar-refractivity contribution in [3.05, 3.63) is 65.5 Å². The molecule has 0 aliphatic heterocycles. The third kappa shape index (κ3) is 4.09. The Kier molecular flexibility index (Phi) is 4.60. The van der Waals surface area contributed by atoms with Gasteiger partial charge in [0.25, 0.3) is 0 Å². The van der Waals surface area contributed by atoms with Crippen molar-refractivity contribution in [1.82, 2.24) is 4.90 Å². The molecule has 3 nitrogen and oxygen atoms in total. The second-order valence-corrected chi connectivity index (χ2v) is 5.91. The summed E-state index contributed by atoms with van der Waals surface area (Å²) in [6.45, 7) is 0.464. The third-order valence-electron chi connectivity index (χ3n) is 4.04. The second kappa shape index (κ2) is 6.82. The molecule has 0 unspecified atom stereocenters. The zero-order valence-corrected chi connectivity index (χ0v) is 13.2. The van der Waals surface area contributed by atoms with Gasteiger partial charge in [0.1, 0.15) is 11.6 Å². The summed E-state index contributed by atoms with van der Waals surface area (Å²) in [5.41, 5.74) is 1.76. The molecule has 0 saturated heterocycles. The van der Waals surface area contributed by atoms with E-state index < -0.39 is 0 Å². The Morgan fingerprint density at radius 1 is 1.17 bits per heavy atom. The van der Waals surface area contributed by atoms with E-state index in [-0.39, 0.29) is 17.8 Å². The number of nitrogens with zero attached hydrogens (tertiary/aromatic N) is 1. The van der Waals surface area contributed by atoms with E-state index in [9.17, 15) is 9.18 Å². The summed E-state index contributed by atoms with van der Waals surface area (Å²) < 4.78 is 18.5. The lowest BCUT2D eigenvalue weighted by Crippen LogP contribution is -2.33. The molecule has 1 aliphatic rings. The molecular formula is C19H20FNO2. The first kappa shape index (κ1) is 15.5. The Morgan fingerprint density at radius 3 is 2.61 bits per heavy atom. The maximum Gasteiger partial charge on any atom is 0.227 e. The van der Waals surface area contributed by atoms with Crippen LogP contribution in [-0.4, -0.2) is 24.0 Å². The molecule has 0 spiro atoms. The summed E-state index contributed by atoms with van der Waals surface area (Å²) in [5, 5.41) is 0. The number of halogens is 1. The van der Waals surface area contributed by atoms with Crippen molar-refractivity contribution in [3.63, 3.8) is 0 Å². The molecule has 120 valence electrons. The predicted molar refractivity (Wildman–Crippen MR) is 86.7 cm³/mol. The minimum atomic E-state index is -0.265.